The van der Waals surface area contributed by atoms with Gasteiger partial charge in [-0.05, 0) is 43.7 Å². The molecule has 0 spiro atoms. The average Bonchev–Trinajstić information content (AvgIpc) is 3.17. The Labute approximate surface area is 152 Å². The predicted molar refractivity (Wildman–Crippen MR) is 101 cm³/mol. The van der Waals surface area contributed by atoms with Crippen LogP contribution >= 0.6 is 11.6 Å². The molecule has 1 atom stereocenters. The fourth-order valence-electron chi connectivity index (χ4n) is 3.74. The number of hydrogen-bond acceptors (Lipinski definition) is 2. The summed E-state index contributed by atoms with van der Waals surface area (Å²) in [5.41, 5.74) is 3.97. The summed E-state index contributed by atoms with van der Waals surface area (Å²) in [7, 11) is 0. The van der Waals surface area contributed by atoms with Crippen LogP contribution in [-0.4, -0.2) is 22.0 Å². The van der Waals surface area contributed by atoms with Crippen LogP contribution in [0.3, 0.4) is 0 Å². The van der Waals surface area contributed by atoms with Crippen LogP contribution in [0, 0.1) is 6.92 Å². The maximum absolute atomic E-state index is 12.7. The smallest absolute Gasteiger partial charge is 0.227 e. The van der Waals surface area contributed by atoms with Gasteiger partial charge in [-0.25, -0.2) is 4.98 Å². The number of nitrogens with zero attached hydrogens (tertiary/aromatic N) is 3. The monoisotopic (exact) mass is 353 g/mol. The molecule has 1 unspecified atom stereocenters. The highest BCUT2D eigenvalue weighted by Crippen LogP contribution is 2.35. The molecule has 0 radical (unpaired) electrons. The molecule has 0 saturated carbocycles. The van der Waals surface area contributed by atoms with Crippen LogP contribution < -0.4 is 4.90 Å². The number of imidazole rings is 1. The van der Waals surface area contributed by atoms with E-state index < -0.39 is 0 Å². The molecule has 4 rings (SSSR count). The van der Waals surface area contributed by atoms with Crippen molar-refractivity contribution in [2.45, 2.75) is 32.7 Å². The molecule has 25 heavy (non-hydrogen) atoms. The first-order valence-corrected chi connectivity index (χ1v) is 8.98. The molecule has 2 aromatic carbocycles. The van der Waals surface area contributed by atoms with E-state index in [-0.39, 0.29) is 11.8 Å². The second-order valence-corrected chi connectivity index (χ2v) is 6.90. The SMILES string of the molecule is CCn1c(C2CC(=O)N(c3cccc(Cl)c3C)C2)nc2ccccc21. The minimum atomic E-state index is 0.0956. The third-order valence-corrected chi connectivity index (χ3v) is 5.43. The van der Waals surface area contributed by atoms with Crippen molar-refractivity contribution >= 4 is 34.2 Å². The van der Waals surface area contributed by atoms with Gasteiger partial charge in [0, 0.05) is 36.1 Å². The molecule has 0 bridgehead atoms. The first kappa shape index (κ1) is 16.2. The summed E-state index contributed by atoms with van der Waals surface area (Å²) in [6, 6.07) is 13.9. The van der Waals surface area contributed by atoms with Crippen molar-refractivity contribution in [3.8, 4) is 0 Å². The van der Waals surface area contributed by atoms with Crippen molar-refractivity contribution in [1.29, 1.82) is 0 Å². The molecule has 4 nitrogen and oxygen atoms in total. The third-order valence-electron chi connectivity index (χ3n) is 5.02. The van der Waals surface area contributed by atoms with Crippen LogP contribution in [0.1, 0.15) is 30.7 Å². The summed E-state index contributed by atoms with van der Waals surface area (Å²) in [4.78, 5) is 19.4. The fourth-order valence-corrected chi connectivity index (χ4v) is 3.91. The number of para-hydroxylation sites is 2. The Morgan fingerprint density at radius 3 is 2.80 bits per heavy atom. The molecule has 1 aliphatic rings. The Morgan fingerprint density at radius 1 is 1.20 bits per heavy atom. The minimum Gasteiger partial charge on any atom is -0.328 e. The number of halogens is 1. The standard InChI is InChI=1S/C20H20ClN3O/c1-3-23-18-9-5-4-8-16(18)22-20(23)14-11-19(25)24(12-14)17-10-6-7-15(21)13(17)2/h4-10,14H,3,11-12H2,1-2H3. The Morgan fingerprint density at radius 2 is 2.00 bits per heavy atom. The molecule has 0 N–H and O–H groups in total. The van der Waals surface area contributed by atoms with Crippen molar-refractivity contribution in [3.05, 3.63) is 58.9 Å². The van der Waals surface area contributed by atoms with Gasteiger partial charge in [0.1, 0.15) is 5.82 Å². The van der Waals surface area contributed by atoms with Gasteiger partial charge < -0.3 is 9.47 Å². The lowest BCUT2D eigenvalue weighted by Crippen LogP contribution is -2.25. The van der Waals surface area contributed by atoms with Gasteiger partial charge >= 0.3 is 0 Å². The van der Waals surface area contributed by atoms with E-state index in [0.29, 0.717) is 18.0 Å². The fraction of sp³-hybridized carbons (Fsp3) is 0.300. The van der Waals surface area contributed by atoms with E-state index in [1.54, 1.807) is 0 Å². The van der Waals surface area contributed by atoms with E-state index in [1.165, 1.54) is 0 Å². The molecule has 128 valence electrons. The van der Waals surface area contributed by atoms with Crippen LogP contribution in [0.5, 0.6) is 0 Å². The van der Waals surface area contributed by atoms with Crippen molar-refractivity contribution in [2.75, 3.05) is 11.4 Å². The van der Waals surface area contributed by atoms with Gasteiger partial charge in [-0.15, -0.1) is 0 Å². The second-order valence-electron chi connectivity index (χ2n) is 6.49. The van der Waals surface area contributed by atoms with Crippen molar-refractivity contribution in [2.24, 2.45) is 0 Å². The van der Waals surface area contributed by atoms with Gasteiger partial charge in [-0.1, -0.05) is 29.8 Å². The third kappa shape index (κ3) is 2.61. The number of aromatic nitrogens is 2. The normalized spacial score (nSPS) is 17.6. The number of carbonyl (C=O) groups is 1. The van der Waals surface area contributed by atoms with E-state index >= 15 is 0 Å². The number of hydrogen-bond donors (Lipinski definition) is 0. The minimum absolute atomic E-state index is 0.0956. The first-order chi connectivity index (χ1) is 12.1. The zero-order valence-corrected chi connectivity index (χ0v) is 15.1. The summed E-state index contributed by atoms with van der Waals surface area (Å²) in [6.45, 7) is 5.56. The molecule has 1 amide bonds. The van der Waals surface area contributed by atoms with Crippen LogP contribution in [0.15, 0.2) is 42.5 Å². The lowest BCUT2D eigenvalue weighted by Gasteiger charge is -2.20. The number of anilines is 1. The first-order valence-electron chi connectivity index (χ1n) is 8.60. The summed E-state index contributed by atoms with van der Waals surface area (Å²) in [6.07, 6.45) is 0.481. The summed E-state index contributed by atoms with van der Waals surface area (Å²) < 4.78 is 2.22. The van der Waals surface area contributed by atoms with Crippen LogP contribution in [0.4, 0.5) is 5.69 Å². The Bertz CT molecular complexity index is 963. The lowest BCUT2D eigenvalue weighted by atomic mass is 10.1. The highest BCUT2D eigenvalue weighted by Gasteiger charge is 2.35. The Balaban J connectivity index is 1.72. The summed E-state index contributed by atoms with van der Waals surface area (Å²) in [5.74, 6) is 1.22. The number of fused-ring (bicyclic) bond motifs is 1. The zero-order valence-electron chi connectivity index (χ0n) is 14.4. The van der Waals surface area contributed by atoms with Crippen molar-refractivity contribution in [3.63, 3.8) is 0 Å². The second kappa shape index (κ2) is 6.19. The Hall–Kier alpha value is -2.33. The van der Waals surface area contributed by atoms with Gasteiger partial charge in [0.2, 0.25) is 5.91 Å². The maximum Gasteiger partial charge on any atom is 0.227 e. The number of amides is 1. The predicted octanol–water partition coefficient (Wildman–Crippen LogP) is 4.54. The van der Waals surface area contributed by atoms with E-state index in [1.807, 2.05) is 48.2 Å². The van der Waals surface area contributed by atoms with Gasteiger partial charge in [-0.3, -0.25) is 4.79 Å². The highest BCUT2D eigenvalue weighted by molar-refractivity contribution is 6.31. The molecule has 0 aliphatic carbocycles. The average molecular weight is 354 g/mol. The molecule has 1 aromatic heterocycles. The number of rotatable bonds is 3. The number of aryl methyl sites for hydroxylation is 1. The van der Waals surface area contributed by atoms with Gasteiger partial charge in [0.05, 0.1) is 11.0 Å². The van der Waals surface area contributed by atoms with E-state index in [9.17, 15) is 4.79 Å². The molecule has 1 aliphatic heterocycles. The van der Waals surface area contributed by atoms with E-state index in [2.05, 4.69) is 17.6 Å². The molecular weight excluding hydrogens is 334 g/mol. The van der Waals surface area contributed by atoms with E-state index in [4.69, 9.17) is 16.6 Å². The van der Waals surface area contributed by atoms with Crippen LogP contribution in [0.2, 0.25) is 5.02 Å². The molecule has 2 heterocycles. The maximum atomic E-state index is 12.7. The number of carbonyl (C=O) groups excluding carboxylic acids is 1. The zero-order chi connectivity index (χ0) is 17.6. The molecular formula is C20H20ClN3O. The molecule has 1 saturated heterocycles. The highest BCUT2D eigenvalue weighted by atomic mass is 35.5. The van der Waals surface area contributed by atoms with Crippen molar-refractivity contribution < 1.29 is 4.79 Å². The molecule has 5 heteroatoms. The quantitative estimate of drug-likeness (QED) is 0.693. The van der Waals surface area contributed by atoms with Crippen LogP contribution in [-0.2, 0) is 11.3 Å². The molecule has 3 aromatic rings. The van der Waals surface area contributed by atoms with Crippen LogP contribution in [0.25, 0.3) is 11.0 Å². The van der Waals surface area contributed by atoms with Gasteiger partial charge in [-0.2, -0.15) is 0 Å². The topological polar surface area (TPSA) is 38.1 Å². The number of benzene rings is 2. The van der Waals surface area contributed by atoms with Gasteiger partial charge in [0.15, 0.2) is 0 Å². The summed E-state index contributed by atoms with van der Waals surface area (Å²) >= 11 is 6.24. The van der Waals surface area contributed by atoms with Gasteiger partial charge in [0.25, 0.3) is 0 Å². The van der Waals surface area contributed by atoms with E-state index in [0.717, 1.165) is 34.7 Å². The summed E-state index contributed by atoms with van der Waals surface area (Å²) in [5, 5.41) is 0.689. The van der Waals surface area contributed by atoms with Crippen molar-refractivity contribution in [1.82, 2.24) is 9.55 Å². The largest absolute Gasteiger partial charge is 0.328 e. The lowest BCUT2D eigenvalue weighted by molar-refractivity contribution is -0.117. The Kier molecular flexibility index (Phi) is 4.00. The molecule has 1 fully saturated rings.